The molecule has 0 amide bonds. The first-order valence-corrected chi connectivity index (χ1v) is 16.4. The van der Waals surface area contributed by atoms with Crippen LogP contribution in [-0.4, -0.2) is 127 Å². The first-order valence-electron chi connectivity index (χ1n) is 16.4. The lowest BCUT2D eigenvalue weighted by Gasteiger charge is -2.41. The second-order valence-corrected chi connectivity index (χ2v) is 12.7. The second-order valence-electron chi connectivity index (χ2n) is 12.7. The van der Waals surface area contributed by atoms with E-state index >= 15 is 0 Å². The number of carboxylic acid groups (broad SMARTS) is 1. The largest absolute Gasteiger partial charge is 0.478 e. The van der Waals surface area contributed by atoms with Gasteiger partial charge in [0, 0.05) is 5.56 Å². The molecule has 272 valence electrons. The van der Waals surface area contributed by atoms with Gasteiger partial charge in [-0.1, -0.05) is 43.1 Å². The number of carboxylic acids is 1. The van der Waals surface area contributed by atoms with Crippen molar-refractivity contribution in [1.29, 1.82) is 0 Å². The zero-order valence-electron chi connectivity index (χ0n) is 27.9. The molecule has 1 aromatic rings. The fourth-order valence-corrected chi connectivity index (χ4v) is 5.69. The summed E-state index contributed by atoms with van der Waals surface area (Å²) >= 11 is 0. The molecule has 14 heteroatoms. The maximum atomic E-state index is 12.9. The third-order valence-electron chi connectivity index (χ3n) is 8.61. The molecular formula is C34H52O14. The van der Waals surface area contributed by atoms with Crippen LogP contribution in [0.15, 0.2) is 29.4 Å². The fraction of sp³-hybridized carbons (Fsp3) is 0.676. The van der Waals surface area contributed by atoms with Crippen molar-refractivity contribution < 1.29 is 69.7 Å². The highest BCUT2D eigenvalue weighted by Crippen LogP contribution is 2.40. The smallest absolute Gasteiger partial charge is 0.339 e. The van der Waals surface area contributed by atoms with Gasteiger partial charge in [0.15, 0.2) is 0 Å². The summed E-state index contributed by atoms with van der Waals surface area (Å²) in [5.74, 6) is -1.66. The van der Waals surface area contributed by atoms with Crippen LogP contribution in [-0.2, 0) is 22.3 Å². The van der Waals surface area contributed by atoms with Crippen molar-refractivity contribution in [3.05, 3.63) is 46.1 Å². The normalized spacial score (nSPS) is 31.0. The van der Waals surface area contributed by atoms with Gasteiger partial charge in [0.1, 0.15) is 65.9 Å². The summed E-state index contributed by atoms with van der Waals surface area (Å²) in [5.41, 5.74) is 2.21. The standard InChI is InChI=1S/C34H52O14/c1-5-6-7-11-19-14-21(45-33-29(41)27(39)25(37)22(15-35)46-33)20(13-12-18(4)10-8-9-17(2)3)31(24(19)32(43)44)48-34-30(42)28(40)26(38)23(16-36)47-34/h9,12,14,22-23,25-30,33-42H,5-8,10-11,13,15-16H2,1-4H3,(H,43,44)/b18-12+/t22-,23-,25-,26-,27+,28+,29-,30-,33-,34+/m1/s1. The van der Waals surface area contributed by atoms with E-state index in [2.05, 4.69) is 6.08 Å². The number of carbonyl (C=O) groups is 1. The Labute approximate surface area is 280 Å². The topological polar surface area (TPSA) is 236 Å². The highest BCUT2D eigenvalue weighted by Gasteiger charge is 2.47. The average molecular weight is 685 g/mol. The van der Waals surface area contributed by atoms with Gasteiger partial charge in [0.05, 0.1) is 13.2 Å². The summed E-state index contributed by atoms with van der Waals surface area (Å²) in [5, 5.41) is 93.1. The number of unbranched alkanes of at least 4 members (excludes halogenated alkanes) is 2. The molecule has 0 unspecified atom stereocenters. The van der Waals surface area contributed by atoms with E-state index in [1.165, 1.54) is 6.07 Å². The Morgan fingerprint density at radius 1 is 0.812 bits per heavy atom. The predicted octanol–water partition coefficient (Wildman–Crippen LogP) is 0.710. The van der Waals surface area contributed by atoms with E-state index in [4.69, 9.17) is 18.9 Å². The minimum absolute atomic E-state index is 0.00961. The van der Waals surface area contributed by atoms with Gasteiger partial charge in [-0.15, -0.1) is 0 Å². The van der Waals surface area contributed by atoms with Crippen molar-refractivity contribution in [2.24, 2.45) is 0 Å². The number of hydrogen-bond donors (Lipinski definition) is 9. The van der Waals surface area contributed by atoms with Crippen molar-refractivity contribution in [1.82, 2.24) is 0 Å². The molecular weight excluding hydrogens is 632 g/mol. The Balaban J connectivity index is 2.22. The number of rotatable bonds is 16. The molecule has 0 aliphatic carbocycles. The predicted molar refractivity (Wildman–Crippen MR) is 172 cm³/mol. The van der Waals surface area contributed by atoms with Gasteiger partial charge >= 0.3 is 5.97 Å². The molecule has 0 saturated carbocycles. The Hall–Kier alpha value is -2.63. The average Bonchev–Trinajstić information content (AvgIpc) is 3.04. The highest BCUT2D eigenvalue weighted by molar-refractivity contribution is 5.94. The number of hydrogen-bond acceptors (Lipinski definition) is 13. The van der Waals surface area contributed by atoms with Crippen molar-refractivity contribution in [3.63, 3.8) is 0 Å². The lowest BCUT2D eigenvalue weighted by Crippen LogP contribution is -2.60. The lowest BCUT2D eigenvalue weighted by molar-refractivity contribution is -0.279. The molecule has 2 saturated heterocycles. The maximum Gasteiger partial charge on any atom is 0.339 e. The number of aliphatic hydroxyl groups excluding tert-OH is 8. The van der Waals surface area contributed by atoms with Gasteiger partial charge < -0.3 is 64.9 Å². The lowest BCUT2D eigenvalue weighted by atomic mass is 9.94. The highest BCUT2D eigenvalue weighted by atomic mass is 16.7. The molecule has 0 radical (unpaired) electrons. The number of ether oxygens (including phenoxy) is 4. The van der Waals surface area contributed by atoms with Crippen molar-refractivity contribution in [2.75, 3.05) is 13.2 Å². The Morgan fingerprint density at radius 3 is 1.88 bits per heavy atom. The van der Waals surface area contributed by atoms with Crippen LogP contribution in [0, 0.1) is 0 Å². The molecule has 0 bridgehead atoms. The van der Waals surface area contributed by atoms with E-state index in [-0.39, 0.29) is 41.0 Å². The monoisotopic (exact) mass is 684 g/mol. The van der Waals surface area contributed by atoms with E-state index in [0.29, 0.717) is 12.8 Å². The molecule has 0 spiro atoms. The summed E-state index contributed by atoms with van der Waals surface area (Å²) in [7, 11) is 0. The van der Waals surface area contributed by atoms with Crippen molar-refractivity contribution >= 4 is 5.97 Å². The molecule has 9 N–H and O–H groups in total. The molecule has 48 heavy (non-hydrogen) atoms. The van der Waals surface area contributed by atoms with Crippen LogP contribution in [0.25, 0.3) is 0 Å². The zero-order chi connectivity index (χ0) is 35.7. The summed E-state index contributed by atoms with van der Waals surface area (Å²) in [4.78, 5) is 12.9. The van der Waals surface area contributed by atoms with Gasteiger partial charge in [0.2, 0.25) is 12.6 Å². The van der Waals surface area contributed by atoms with Gasteiger partial charge in [-0.2, -0.15) is 0 Å². The van der Waals surface area contributed by atoms with Gasteiger partial charge in [-0.05, 0) is 64.5 Å². The molecule has 2 fully saturated rings. The third-order valence-corrected chi connectivity index (χ3v) is 8.61. The molecule has 2 heterocycles. The number of benzene rings is 1. The number of aromatic carboxylic acids is 1. The van der Waals surface area contributed by atoms with Gasteiger partial charge in [0.25, 0.3) is 0 Å². The first-order chi connectivity index (χ1) is 22.7. The van der Waals surface area contributed by atoms with E-state index < -0.39 is 80.6 Å². The number of aliphatic hydroxyl groups is 8. The number of allylic oxidation sites excluding steroid dienone is 4. The van der Waals surface area contributed by atoms with Crippen LogP contribution in [0.5, 0.6) is 11.5 Å². The molecule has 0 aromatic heterocycles. The van der Waals surface area contributed by atoms with Gasteiger partial charge in [-0.3, -0.25) is 0 Å². The van der Waals surface area contributed by atoms with Crippen LogP contribution >= 0.6 is 0 Å². The summed E-state index contributed by atoms with van der Waals surface area (Å²) in [6.07, 6.45) is -8.65. The van der Waals surface area contributed by atoms with Crippen LogP contribution in [0.1, 0.15) is 81.3 Å². The van der Waals surface area contributed by atoms with Crippen LogP contribution < -0.4 is 9.47 Å². The second kappa shape index (κ2) is 18.4. The minimum Gasteiger partial charge on any atom is -0.478 e. The Bertz CT molecular complexity index is 1260. The van der Waals surface area contributed by atoms with Crippen LogP contribution in [0.3, 0.4) is 0 Å². The first kappa shape index (κ1) is 39.8. The quantitative estimate of drug-likeness (QED) is 0.0862. The van der Waals surface area contributed by atoms with E-state index in [1.807, 2.05) is 33.8 Å². The molecule has 14 nitrogen and oxygen atoms in total. The SMILES string of the molecule is CCCCCc1cc(O[C@@H]2O[C@H](CO)[C@@H](O)[C@H](O)[C@H]2O)c(C/C=C(\C)CCC=C(C)C)c(O[C@@H]2O[C@H](CO)[C@@H](O)[C@H](O)[C@H]2O)c1C(=O)O. The maximum absolute atomic E-state index is 12.9. The van der Waals surface area contributed by atoms with E-state index in [0.717, 1.165) is 30.4 Å². The van der Waals surface area contributed by atoms with E-state index in [9.17, 15) is 50.8 Å². The molecule has 10 atom stereocenters. The zero-order valence-corrected chi connectivity index (χ0v) is 27.9. The summed E-state index contributed by atoms with van der Waals surface area (Å²) in [6.45, 7) is 6.41. The van der Waals surface area contributed by atoms with Gasteiger partial charge in [-0.25, -0.2) is 4.79 Å². The van der Waals surface area contributed by atoms with Crippen LogP contribution in [0.2, 0.25) is 0 Å². The molecule has 3 rings (SSSR count). The third kappa shape index (κ3) is 9.75. The minimum atomic E-state index is -1.85. The molecule has 2 aliphatic rings. The van der Waals surface area contributed by atoms with E-state index in [1.54, 1.807) is 0 Å². The Morgan fingerprint density at radius 2 is 1.38 bits per heavy atom. The van der Waals surface area contributed by atoms with Crippen LogP contribution in [0.4, 0.5) is 0 Å². The number of aryl methyl sites for hydroxylation is 1. The van der Waals surface area contributed by atoms with Crippen molar-refractivity contribution in [2.45, 2.75) is 134 Å². The fourth-order valence-electron chi connectivity index (χ4n) is 5.69. The summed E-state index contributed by atoms with van der Waals surface area (Å²) in [6, 6.07) is 1.47. The Kier molecular flexibility index (Phi) is 15.2. The molecule has 1 aromatic carbocycles. The van der Waals surface area contributed by atoms with Crippen molar-refractivity contribution in [3.8, 4) is 11.5 Å². The summed E-state index contributed by atoms with van der Waals surface area (Å²) < 4.78 is 23.4. The molecule has 2 aliphatic heterocycles.